The third kappa shape index (κ3) is 3.71. The topological polar surface area (TPSA) is 56.4 Å². The fourth-order valence-corrected chi connectivity index (χ4v) is 4.51. The Kier molecular flexibility index (Phi) is 5.01. The molecule has 3 aliphatic rings. The monoisotopic (exact) mass is 346 g/mol. The van der Waals surface area contributed by atoms with Crippen molar-refractivity contribution in [3.8, 4) is 0 Å². The molecule has 3 saturated heterocycles. The molecule has 3 N–H and O–H groups in total. The number of likely N-dealkylation sites (tertiary alicyclic amines) is 1. The highest BCUT2D eigenvalue weighted by Crippen LogP contribution is 2.26. The van der Waals surface area contributed by atoms with Crippen LogP contribution in [0.2, 0.25) is 0 Å². The Balaban J connectivity index is 1.30. The number of carbonyl (C=O) groups is 1. The molecule has 0 aliphatic carbocycles. The van der Waals surface area contributed by atoms with E-state index >= 15 is 0 Å². The molecule has 3 atom stereocenters. The van der Waals surface area contributed by atoms with Crippen LogP contribution in [-0.2, 0) is 11.2 Å². The van der Waals surface area contributed by atoms with Crippen LogP contribution in [0.1, 0.15) is 24.8 Å². The van der Waals surface area contributed by atoms with Gasteiger partial charge in [0.15, 0.2) is 0 Å². The van der Waals surface area contributed by atoms with Gasteiger partial charge in [-0.2, -0.15) is 0 Å². The quantitative estimate of drug-likeness (QED) is 0.766. The van der Waals surface area contributed by atoms with Crippen molar-refractivity contribution in [2.75, 3.05) is 26.2 Å². The van der Waals surface area contributed by atoms with Crippen molar-refractivity contribution in [3.05, 3.63) is 35.6 Å². The van der Waals surface area contributed by atoms with Crippen molar-refractivity contribution in [1.82, 2.24) is 21.1 Å². The van der Waals surface area contributed by atoms with E-state index in [1.807, 2.05) is 11.0 Å². The largest absolute Gasteiger partial charge is 0.341 e. The van der Waals surface area contributed by atoms with Gasteiger partial charge >= 0.3 is 0 Å². The molecular formula is C19H27FN4O. The number of rotatable bonds is 3. The van der Waals surface area contributed by atoms with Gasteiger partial charge in [-0.25, -0.2) is 9.82 Å². The summed E-state index contributed by atoms with van der Waals surface area (Å²) in [4.78, 5) is 14.9. The molecule has 25 heavy (non-hydrogen) atoms. The number of hydrogen-bond acceptors (Lipinski definition) is 4. The highest BCUT2D eigenvalue weighted by atomic mass is 19.1. The van der Waals surface area contributed by atoms with Gasteiger partial charge in [0.05, 0.1) is 0 Å². The summed E-state index contributed by atoms with van der Waals surface area (Å²) in [6.07, 6.45) is 3.96. The summed E-state index contributed by atoms with van der Waals surface area (Å²) >= 11 is 0. The van der Waals surface area contributed by atoms with Gasteiger partial charge in [-0.3, -0.25) is 10.2 Å². The molecule has 4 rings (SSSR count). The zero-order valence-electron chi connectivity index (χ0n) is 14.5. The fourth-order valence-electron chi connectivity index (χ4n) is 4.51. The lowest BCUT2D eigenvalue weighted by Gasteiger charge is -2.35. The van der Waals surface area contributed by atoms with E-state index in [-0.39, 0.29) is 17.8 Å². The lowest BCUT2D eigenvalue weighted by molar-refractivity contribution is -0.135. The van der Waals surface area contributed by atoms with Crippen LogP contribution in [0.4, 0.5) is 4.39 Å². The zero-order valence-corrected chi connectivity index (χ0v) is 14.5. The Morgan fingerprint density at radius 3 is 2.84 bits per heavy atom. The van der Waals surface area contributed by atoms with E-state index in [1.54, 1.807) is 12.1 Å². The molecule has 3 fully saturated rings. The number of carbonyl (C=O) groups excluding carboxylic acids is 1. The van der Waals surface area contributed by atoms with E-state index in [2.05, 4.69) is 16.2 Å². The number of nitrogens with one attached hydrogen (secondary N) is 3. The molecule has 3 aliphatic heterocycles. The summed E-state index contributed by atoms with van der Waals surface area (Å²) in [5.74, 6) is 0.935. The van der Waals surface area contributed by atoms with Crippen LogP contribution in [0.25, 0.3) is 0 Å². The highest BCUT2D eigenvalue weighted by Gasteiger charge is 2.43. The number of amides is 1. The van der Waals surface area contributed by atoms with Crippen molar-refractivity contribution >= 4 is 5.91 Å². The predicted octanol–water partition coefficient (Wildman–Crippen LogP) is 1.06. The Labute approximate surface area is 148 Å². The van der Waals surface area contributed by atoms with Crippen LogP contribution in [0, 0.1) is 17.7 Å². The molecule has 1 aromatic rings. The molecule has 6 heteroatoms. The summed E-state index contributed by atoms with van der Waals surface area (Å²) in [6.45, 7) is 3.53. The van der Waals surface area contributed by atoms with E-state index < -0.39 is 0 Å². The number of halogens is 1. The first kappa shape index (κ1) is 16.9. The fraction of sp³-hybridized carbons (Fsp3) is 0.632. The number of benzene rings is 1. The molecular weight excluding hydrogens is 319 g/mol. The van der Waals surface area contributed by atoms with E-state index in [1.165, 1.54) is 6.07 Å². The Hall–Kier alpha value is -1.50. The summed E-state index contributed by atoms with van der Waals surface area (Å²) in [6, 6.07) is 7.17. The first-order valence-electron chi connectivity index (χ1n) is 9.46. The van der Waals surface area contributed by atoms with Gasteiger partial charge in [0.25, 0.3) is 0 Å². The van der Waals surface area contributed by atoms with Crippen LogP contribution in [-0.4, -0.2) is 49.1 Å². The second-order valence-electron chi connectivity index (χ2n) is 7.63. The predicted molar refractivity (Wildman–Crippen MR) is 94.2 cm³/mol. The molecule has 0 saturated carbocycles. The van der Waals surface area contributed by atoms with Crippen molar-refractivity contribution in [2.45, 2.75) is 37.8 Å². The molecule has 3 unspecified atom stereocenters. The molecule has 5 nitrogen and oxygen atoms in total. The Bertz CT molecular complexity index is 617. The van der Waals surface area contributed by atoms with Crippen molar-refractivity contribution < 1.29 is 9.18 Å². The smallest absolute Gasteiger partial charge is 0.241 e. The van der Waals surface area contributed by atoms with Gasteiger partial charge in [0.1, 0.15) is 11.9 Å². The Morgan fingerprint density at radius 2 is 2.04 bits per heavy atom. The van der Waals surface area contributed by atoms with E-state index in [4.69, 9.17) is 0 Å². The lowest BCUT2D eigenvalue weighted by Crippen LogP contribution is -2.52. The minimum atomic E-state index is -0.166. The molecule has 3 heterocycles. The maximum absolute atomic E-state index is 13.3. The van der Waals surface area contributed by atoms with E-state index in [0.717, 1.165) is 57.4 Å². The highest BCUT2D eigenvalue weighted by molar-refractivity contribution is 5.82. The first-order valence-corrected chi connectivity index (χ1v) is 9.46. The van der Waals surface area contributed by atoms with Gasteiger partial charge in [0, 0.05) is 31.6 Å². The standard InChI is InChI=1S/C19H27FN4O/c20-15-3-1-2-14(11-15)10-13-5-8-24(9-6-13)19(25)18-16-12-21-7-4-17(16)22-23-18/h1-3,11,13,16-18,21-23H,4-10,12H2. The van der Waals surface area contributed by atoms with Gasteiger partial charge in [-0.05, 0) is 55.8 Å². The van der Waals surface area contributed by atoms with Crippen LogP contribution in [0.15, 0.2) is 24.3 Å². The number of hydrazine groups is 1. The summed E-state index contributed by atoms with van der Waals surface area (Å²) in [7, 11) is 0. The average molecular weight is 346 g/mol. The third-order valence-corrected chi connectivity index (χ3v) is 5.99. The Morgan fingerprint density at radius 1 is 1.20 bits per heavy atom. The number of fused-ring (bicyclic) bond motifs is 1. The van der Waals surface area contributed by atoms with Crippen molar-refractivity contribution in [1.29, 1.82) is 0 Å². The summed E-state index contributed by atoms with van der Waals surface area (Å²) in [5, 5.41) is 3.40. The molecule has 1 amide bonds. The zero-order chi connectivity index (χ0) is 17.2. The van der Waals surface area contributed by atoms with Crippen LogP contribution in [0.3, 0.4) is 0 Å². The number of piperidine rings is 2. The SMILES string of the molecule is O=C(C1NNC2CCNCC21)N1CCC(Cc2cccc(F)c2)CC1. The van der Waals surface area contributed by atoms with E-state index in [0.29, 0.717) is 17.9 Å². The number of nitrogens with zero attached hydrogens (tertiary/aromatic N) is 1. The molecule has 136 valence electrons. The molecule has 0 bridgehead atoms. The summed E-state index contributed by atoms with van der Waals surface area (Å²) in [5.41, 5.74) is 7.59. The molecule has 0 radical (unpaired) electrons. The third-order valence-electron chi connectivity index (χ3n) is 5.99. The first-order chi connectivity index (χ1) is 12.2. The van der Waals surface area contributed by atoms with Crippen LogP contribution < -0.4 is 16.2 Å². The minimum absolute atomic E-state index is 0.113. The maximum Gasteiger partial charge on any atom is 0.241 e. The molecule has 0 aromatic heterocycles. The second kappa shape index (κ2) is 7.40. The summed E-state index contributed by atoms with van der Waals surface area (Å²) < 4.78 is 13.3. The number of hydrogen-bond donors (Lipinski definition) is 3. The molecule has 1 aromatic carbocycles. The van der Waals surface area contributed by atoms with Gasteiger partial charge < -0.3 is 10.2 Å². The van der Waals surface area contributed by atoms with Crippen LogP contribution in [0.5, 0.6) is 0 Å². The van der Waals surface area contributed by atoms with Crippen molar-refractivity contribution in [3.63, 3.8) is 0 Å². The average Bonchev–Trinajstić information content (AvgIpc) is 3.06. The van der Waals surface area contributed by atoms with Gasteiger partial charge in [0.2, 0.25) is 5.91 Å². The van der Waals surface area contributed by atoms with Crippen LogP contribution >= 0.6 is 0 Å². The van der Waals surface area contributed by atoms with Gasteiger partial charge in [-0.15, -0.1) is 0 Å². The second-order valence-corrected chi connectivity index (χ2v) is 7.63. The lowest BCUT2D eigenvalue weighted by atomic mass is 9.87. The molecule has 0 spiro atoms. The van der Waals surface area contributed by atoms with Gasteiger partial charge in [-0.1, -0.05) is 12.1 Å². The van der Waals surface area contributed by atoms with E-state index in [9.17, 15) is 9.18 Å². The van der Waals surface area contributed by atoms with Crippen molar-refractivity contribution in [2.24, 2.45) is 11.8 Å². The normalized spacial score (nSPS) is 30.3. The maximum atomic E-state index is 13.3. The minimum Gasteiger partial charge on any atom is -0.341 e.